The van der Waals surface area contributed by atoms with Gasteiger partial charge in [-0.1, -0.05) is 6.07 Å². The smallest absolute Gasteiger partial charge is 0.223 e. The highest BCUT2D eigenvalue weighted by Gasteiger charge is 2.45. The van der Waals surface area contributed by atoms with E-state index < -0.39 is 0 Å². The summed E-state index contributed by atoms with van der Waals surface area (Å²) in [5.74, 6) is 0.306. The van der Waals surface area contributed by atoms with Crippen molar-refractivity contribution in [1.82, 2.24) is 14.7 Å². The van der Waals surface area contributed by atoms with Crippen molar-refractivity contribution in [3.63, 3.8) is 0 Å². The molecule has 6 heteroatoms. The summed E-state index contributed by atoms with van der Waals surface area (Å²) in [4.78, 5) is 31.4. The fourth-order valence-corrected chi connectivity index (χ4v) is 4.44. The number of carbonyl (C=O) groups is 2. The van der Waals surface area contributed by atoms with Gasteiger partial charge in [-0.05, 0) is 11.4 Å². The molecule has 0 saturated carbocycles. The summed E-state index contributed by atoms with van der Waals surface area (Å²) in [6.07, 6.45) is 0.550. The Bertz CT molecular complexity index is 560. The van der Waals surface area contributed by atoms with E-state index in [1.54, 1.807) is 18.3 Å². The standard InChI is InChI=1S/C16H23N3O2S/c1-13(20)19-6-5-18(9-14-4-3-7-22-14)11-16(12-19)8-15(21)17(2)10-16/h3-4,7H,5-6,8-12H2,1-2H3/t16-/m0/s1. The van der Waals surface area contributed by atoms with Crippen molar-refractivity contribution >= 4 is 23.2 Å². The zero-order chi connectivity index (χ0) is 15.7. The predicted molar refractivity (Wildman–Crippen MR) is 86.5 cm³/mol. The van der Waals surface area contributed by atoms with Gasteiger partial charge in [0.05, 0.1) is 0 Å². The SMILES string of the molecule is CC(=O)N1CCN(Cc2cccs2)C[C@@]2(CC(=O)N(C)C2)C1. The number of nitrogens with zero attached hydrogens (tertiary/aromatic N) is 3. The summed E-state index contributed by atoms with van der Waals surface area (Å²) in [5.41, 5.74) is -0.120. The molecule has 1 atom stereocenters. The Labute approximate surface area is 135 Å². The van der Waals surface area contributed by atoms with E-state index in [1.165, 1.54) is 4.88 Å². The molecule has 3 heterocycles. The van der Waals surface area contributed by atoms with Crippen LogP contribution in [0.3, 0.4) is 0 Å². The first kappa shape index (κ1) is 15.5. The van der Waals surface area contributed by atoms with Gasteiger partial charge in [-0.25, -0.2) is 0 Å². The van der Waals surface area contributed by atoms with Gasteiger partial charge < -0.3 is 9.80 Å². The van der Waals surface area contributed by atoms with Crippen molar-refractivity contribution < 1.29 is 9.59 Å². The van der Waals surface area contributed by atoms with Crippen LogP contribution in [0.15, 0.2) is 17.5 Å². The molecule has 2 aliphatic heterocycles. The molecule has 2 amide bonds. The van der Waals surface area contributed by atoms with Gasteiger partial charge in [0.15, 0.2) is 0 Å². The molecule has 0 aromatic carbocycles. The second-order valence-corrected chi connectivity index (χ2v) is 7.69. The fraction of sp³-hybridized carbons (Fsp3) is 0.625. The van der Waals surface area contributed by atoms with E-state index in [1.807, 2.05) is 16.8 Å². The lowest BCUT2D eigenvalue weighted by Crippen LogP contribution is -2.43. The third kappa shape index (κ3) is 3.17. The molecular weight excluding hydrogens is 298 g/mol. The molecule has 2 fully saturated rings. The molecule has 0 N–H and O–H groups in total. The van der Waals surface area contributed by atoms with Crippen molar-refractivity contribution in [2.45, 2.75) is 19.9 Å². The van der Waals surface area contributed by atoms with E-state index in [9.17, 15) is 9.59 Å². The lowest BCUT2D eigenvalue weighted by atomic mass is 9.86. The van der Waals surface area contributed by atoms with Crippen molar-refractivity contribution in [2.24, 2.45) is 5.41 Å². The zero-order valence-corrected chi connectivity index (χ0v) is 14.1. The highest BCUT2D eigenvalue weighted by Crippen LogP contribution is 2.35. The van der Waals surface area contributed by atoms with Crippen LogP contribution in [0, 0.1) is 5.41 Å². The van der Waals surface area contributed by atoms with E-state index >= 15 is 0 Å². The molecule has 0 radical (unpaired) electrons. The normalized spacial score (nSPS) is 26.7. The molecule has 3 rings (SSSR count). The Kier molecular flexibility index (Phi) is 4.23. The number of thiophene rings is 1. The molecule has 5 nitrogen and oxygen atoms in total. The van der Waals surface area contributed by atoms with Gasteiger partial charge in [0, 0.05) is 70.0 Å². The van der Waals surface area contributed by atoms with Crippen LogP contribution in [0.25, 0.3) is 0 Å². The zero-order valence-electron chi connectivity index (χ0n) is 13.2. The Morgan fingerprint density at radius 3 is 2.73 bits per heavy atom. The fourth-order valence-electron chi connectivity index (χ4n) is 3.69. The van der Waals surface area contributed by atoms with Gasteiger partial charge in [0.1, 0.15) is 0 Å². The molecule has 0 unspecified atom stereocenters. The van der Waals surface area contributed by atoms with Crippen molar-refractivity contribution in [3.05, 3.63) is 22.4 Å². The largest absolute Gasteiger partial charge is 0.345 e. The van der Waals surface area contributed by atoms with Crippen molar-refractivity contribution in [1.29, 1.82) is 0 Å². The minimum Gasteiger partial charge on any atom is -0.345 e. The topological polar surface area (TPSA) is 43.9 Å². The van der Waals surface area contributed by atoms with Crippen molar-refractivity contribution in [3.8, 4) is 0 Å². The number of hydrogen-bond donors (Lipinski definition) is 0. The molecule has 0 aliphatic carbocycles. The summed E-state index contributed by atoms with van der Waals surface area (Å²) in [6, 6.07) is 4.22. The first-order valence-corrected chi connectivity index (χ1v) is 8.60. The highest BCUT2D eigenvalue weighted by molar-refractivity contribution is 7.09. The third-order valence-electron chi connectivity index (χ3n) is 4.70. The van der Waals surface area contributed by atoms with Gasteiger partial charge in [0.25, 0.3) is 0 Å². The second-order valence-electron chi connectivity index (χ2n) is 6.66. The Morgan fingerprint density at radius 1 is 1.32 bits per heavy atom. The van der Waals surface area contributed by atoms with E-state index in [4.69, 9.17) is 0 Å². The number of amides is 2. The average Bonchev–Trinajstić information content (AvgIpc) is 2.98. The molecule has 1 aromatic heterocycles. The van der Waals surface area contributed by atoms with E-state index in [-0.39, 0.29) is 17.2 Å². The molecule has 1 aromatic rings. The molecule has 2 aliphatic rings. The lowest BCUT2D eigenvalue weighted by Gasteiger charge is -2.33. The predicted octanol–water partition coefficient (Wildman–Crippen LogP) is 1.26. The second kappa shape index (κ2) is 6.01. The molecule has 1 spiro atoms. The quantitative estimate of drug-likeness (QED) is 0.824. The monoisotopic (exact) mass is 321 g/mol. The van der Waals surface area contributed by atoms with E-state index in [0.29, 0.717) is 13.0 Å². The summed E-state index contributed by atoms with van der Waals surface area (Å²) in [5, 5.41) is 2.09. The van der Waals surface area contributed by atoms with Crippen molar-refractivity contribution in [2.75, 3.05) is 39.8 Å². The third-order valence-corrected chi connectivity index (χ3v) is 5.56. The van der Waals surface area contributed by atoms with Crippen LogP contribution >= 0.6 is 11.3 Å². The molecule has 22 heavy (non-hydrogen) atoms. The van der Waals surface area contributed by atoms with Crippen LogP contribution < -0.4 is 0 Å². The summed E-state index contributed by atoms with van der Waals surface area (Å²) in [7, 11) is 1.86. The maximum absolute atomic E-state index is 12.1. The Balaban J connectivity index is 1.80. The number of likely N-dealkylation sites (tertiary alicyclic amines) is 1. The van der Waals surface area contributed by atoms with Crippen LogP contribution in [0.4, 0.5) is 0 Å². The maximum atomic E-state index is 12.1. The van der Waals surface area contributed by atoms with E-state index in [2.05, 4.69) is 22.4 Å². The highest BCUT2D eigenvalue weighted by atomic mass is 32.1. The van der Waals surface area contributed by atoms with Gasteiger partial charge >= 0.3 is 0 Å². The van der Waals surface area contributed by atoms with Crippen LogP contribution in [0.5, 0.6) is 0 Å². The molecule has 0 bridgehead atoms. The summed E-state index contributed by atoms with van der Waals surface area (Å²) < 4.78 is 0. The number of carbonyl (C=O) groups excluding carboxylic acids is 2. The maximum Gasteiger partial charge on any atom is 0.223 e. The summed E-state index contributed by atoms with van der Waals surface area (Å²) in [6.45, 7) is 6.48. The van der Waals surface area contributed by atoms with Crippen LogP contribution in [-0.4, -0.2) is 66.3 Å². The molecular formula is C16H23N3O2S. The summed E-state index contributed by atoms with van der Waals surface area (Å²) >= 11 is 1.76. The lowest BCUT2D eigenvalue weighted by molar-refractivity contribution is -0.130. The average molecular weight is 321 g/mol. The first-order valence-electron chi connectivity index (χ1n) is 7.72. The van der Waals surface area contributed by atoms with Gasteiger partial charge in [-0.15, -0.1) is 11.3 Å². The minimum absolute atomic E-state index is 0.111. The molecule has 2 saturated heterocycles. The van der Waals surface area contributed by atoms with Gasteiger partial charge in [-0.3, -0.25) is 14.5 Å². The van der Waals surface area contributed by atoms with Gasteiger partial charge in [-0.2, -0.15) is 0 Å². The first-order chi connectivity index (χ1) is 10.5. The molecule has 120 valence electrons. The van der Waals surface area contributed by atoms with Crippen LogP contribution in [0.1, 0.15) is 18.2 Å². The van der Waals surface area contributed by atoms with Gasteiger partial charge in [0.2, 0.25) is 11.8 Å². The Hall–Kier alpha value is -1.40. The number of rotatable bonds is 2. The Morgan fingerprint density at radius 2 is 2.14 bits per heavy atom. The van der Waals surface area contributed by atoms with Crippen LogP contribution in [0.2, 0.25) is 0 Å². The van der Waals surface area contributed by atoms with E-state index in [0.717, 1.165) is 32.7 Å². The van der Waals surface area contributed by atoms with Crippen LogP contribution in [-0.2, 0) is 16.1 Å². The number of hydrogen-bond acceptors (Lipinski definition) is 4. The minimum atomic E-state index is -0.120.